The molecule has 4 heterocycles. The maximum atomic E-state index is 15.2. The largest absolute Gasteiger partial charge is 0.496 e. The summed E-state index contributed by atoms with van der Waals surface area (Å²) in [5, 5.41) is 7.70. The zero-order valence-corrected chi connectivity index (χ0v) is 36.8. The number of fused-ring (bicyclic) bond motifs is 1. The first-order chi connectivity index (χ1) is 28.8. The summed E-state index contributed by atoms with van der Waals surface area (Å²) in [7, 11) is 0.396. The number of hydrogen-bond donors (Lipinski definition) is 0. The summed E-state index contributed by atoms with van der Waals surface area (Å²) in [6, 6.07) is 26.4. The monoisotopic (exact) mass is 849 g/mol. The average molecular weight is 850 g/mol. The highest BCUT2D eigenvalue weighted by molar-refractivity contribution is 7.21. The molecule has 0 unspecified atom stereocenters. The fourth-order valence-corrected chi connectivity index (χ4v) is 15.2. The summed E-state index contributed by atoms with van der Waals surface area (Å²) in [4.78, 5) is 44.5. The highest BCUT2D eigenvalue weighted by Crippen LogP contribution is 2.41. The standard InChI is InChI=1S/C46H52FN5O6SSi/c1-30-40-42(54)52(37-24-27-49(5)41(37)53)45(55)50(44(40)59-43(30)51-26-13-25-48-51)29-39(36-28-31(47)18-23-38(36)56-6)57-32-19-21-33(22-20-32)58-60(46(2,3)4,34-14-9-7-10-15-34)35-16-11-8-12-17-35/h7-18,23,25-26,28,32-33,37,39H,19-22,24,27,29H2,1-6H3/t32?,33?,37-,39-/m0/s1. The van der Waals surface area contributed by atoms with E-state index in [9.17, 15) is 14.4 Å². The van der Waals surface area contributed by atoms with E-state index in [1.807, 2.05) is 19.1 Å². The Labute approximate surface area is 354 Å². The summed E-state index contributed by atoms with van der Waals surface area (Å²) in [6.45, 7) is 9.02. The molecule has 8 rings (SSSR count). The maximum Gasteiger partial charge on any atom is 0.332 e. The third-order valence-electron chi connectivity index (χ3n) is 12.3. The fraction of sp³-hybridized carbons (Fsp3) is 0.391. The minimum absolute atomic E-state index is 0.0269. The van der Waals surface area contributed by atoms with Crippen LogP contribution in [-0.4, -0.2) is 70.9 Å². The van der Waals surface area contributed by atoms with Crippen LogP contribution in [0, 0.1) is 12.7 Å². The topological polar surface area (TPSA) is 110 Å². The lowest BCUT2D eigenvalue weighted by Gasteiger charge is -2.46. The Hall–Kier alpha value is -5.15. The molecule has 1 amide bonds. The molecule has 3 aromatic heterocycles. The predicted octanol–water partition coefficient (Wildman–Crippen LogP) is 6.92. The van der Waals surface area contributed by atoms with E-state index in [4.69, 9.17) is 13.9 Å². The van der Waals surface area contributed by atoms with Crippen LogP contribution < -0.4 is 26.4 Å². The van der Waals surface area contributed by atoms with Crippen LogP contribution >= 0.6 is 11.3 Å². The van der Waals surface area contributed by atoms with Crippen molar-refractivity contribution >= 4 is 46.2 Å². The zero-order chi connectivity index (χ0) is 42.3. The van der Waals surface area contributed by atoms with E-state index in [1.165, 1.54) is 50.4 Å². The molecule has 2 atom stereocenters. The smallest absolute Gasteiger partial charge is 0.332 e. The zero-order valence-electron chi connectivity index (χ0n) is 35.0. The predicted molar refractivity (Wildman–Crippen MR) is 235 cm³/mol. The quantitative estimate of drug-likeness (QED) is 0.123. The van der Waals surface area contributed by atoms with Gasteiger partial charge in [0, 0.05) is 43.2 Å². The molecule has 1 aliphatic carbocycles. The van der Waals surface area contributed by atoms with Gasteiger partial charge in [0.15, 0.2) is 0 Å². The number of likely N-dealkylation sites (tertiary alicyclic amines) is 1. The van der Waals surface area contributed by atoms with Crippen molar-refractivity contribution in [2.24, 2.45) is 0 Å². The third kappa shape index (κ3) is 7.48. The van der Waals surface area contributed by atoms with E-state index >= 15 is 4.39 Å². The lowest BCUT2D eigenvalue weighted by atomic mass is 9.94. The molecule has 0 N–H and O–H groups in total. The van der Waals surface area contributed by atoms with Crippen LogP contribution in [0.4, 0.5) is 4.39 Å². The SMILES string of the molecule is COc1ccc(F)cc1[C@H](Cn1c(=O)n([C@H]2CCN(C)C2=O)c(=O)c2c(C)c(-n3cccn3)sc21)OC1CCC(O[Si](c2ccccc2)(c2ccccc2)C(C)(C)C)CC1. The van der Waals surface area contributed by atoms with E-state index in [0.29, 0.717) is 57.9 Å². The van der Waals surface area contributed by atoms with Crippen molar-refractivity contribution in [3.63, 3.8) is 0 Å². The number of aryl methyl sites for hydroxylation is 1. The van der Waals surface area contributed by atoms with E-state index < -0.39 is 37.5 Å². The van der Waals surface area contributed by atoms with Gasteiger partial charge in [-0.05, 0) is 78.7 Å². The van der Waals surface area contributed by atoms with Crippen LogP contribution in [0.2, 0.25) is 5.04 Å². The Balaban J connectivity index is 1.16. The molecule has 0 bridgehead atoms. The van der Waals surface area contributed by atoms with Gasteiger partial charge in [0.25, 0.3) is 13.9 Å². The van der Waals surface area contributed by atoms with Crippen LogP contribution in [0.1, 0.15) is 76.1 Å². The number of methoxy groups -OCH3 is 1. The van der Waals surface area contributed by atoms with Crippen molar-refractivity contribution in [1.29, 1.82) is 0 Å². The van der Waals surface area contributed by atoms with Crippen molar-refractivity contribution in [3.05, 3.63) is 135 Å². The van der Waals surface area contributed by atoms with Gasteiger partial charge in [0.1, 0.15) is 33.5 Å². The molecule has 2 fully saturated rings. The van der Waals surface area contributed by atoms with E-state index in [0.717, 1.165) is 17.4 Å². The summed E-state index contributed by atoms with van der Waals surface area (Å²) in [5.74, 6) is -0.358. The fourth-order valence-electron chi connectivity index (χ4n) is 9.24. The Kier molecular flexibility index (Phi) is 11.6. The summed E-state index contributed by atoms with van der Waals surface area (Å²) < 4.78 is 39.8. The summed E-state index contributed by atoms with van der Waals surface area (Å²) >= 11 is 1.27. The van der Waals surface area contributed by atoms with E-state index in [-0.39, 0.29) is 29.7 Å². The molecule has 6 aromatic rings. The van der Waals surface area contributed by atoms with Gasteiger partial charge >= 0.3 is 5.69 Å². The van der Waals surface area contributed by atoms with Crippen molar-refractivity contribution < 1.29 is 23.1 Å². The number of carbonyl (C=O) groups is 1. The number of ether oxygens (including phenoxy) is 2. The second kappa shape index (κ2) is 16.7. The molecule has 0 radical (unpaired) electrons. The molecule has 2 aliphatic rings. The highest BCUT2D eigenvalue weighted by atomic mass is 32.1. The van der Waals surface area contributed by atoms with Crippen molar-refractivity contribution in [1.82, 2.24) is 23.8 Å². The van der Waals surface area contributed by atoms with Gasteiger partial charge in [0.2, 0.25) is 5.91 Å². The van der Waals surface area contributed by atoms with Gasteiger partial charge in [-0.25, -0.2) is 18.4 Å². The van der Waals surface area contributed by atoms with Crippen LogP contribution in [0.5, 0.6) is 5.75 Å². The first kappa shape index (κ1) is 41.6. The molecule has 1 saturated heterocycles. The number of amides is 1. The second-order valence-corrected chi connectivity index (χ2v) is 22.2. The molecule has 1 saturated carbocycles. The lowest BCUT2D eigenvalue weighted by molar-refractivity contribution is -0.129. The van der Waals surface area contributed by atoms with Crippen LogP contribution in [0.15, 0.2) is 107 Å². The van der Waals surface area contributed by atoms with Gasteiger partial charge in [-0.1, -0.05) is 92.8 Å². The lowest BCUT2D eigenvalue weighted by Crippen LogP contribution is -2.67. The molecule has 3 aromatic carbocycles. The van der Waals surface area contributed by atoms with E-state index in [2.05, 4.69) is 74.4 Å². The minimum Gasteiger partial charge on any atom is -0.496 e. The van der Waals surface area contributed by atoms with Crippen molar-refractivity contribution in [2.45, 2.75) is 95.7 Å². The molecule has 1 aliphatic heterocycles. The molecule has 314 valence electrons. The van der Waals surface area contributed by atoms with Gasteiger partial charge in [-0.3, -0.25) is 14.2 Å². The summed E-state index contributed by atoms with van der Waals surface area (Å²) in [5.41, 5.74) is -0.0591. The van der Waals surface area contributed by atoms with Crippen molar-refractivity contribution in [3.8, 4) is 10.8 Å². The molecule has 60 heavy (non-hydrogen) atoms. The number of likely N-dealkylation sites (N-methyl/N-ethyl adjacent to an activating group) is 1. The number of rotatable bonds is 12. The van der Waals surface area contributed by atoms with Gasteiger partial charge in [-0.2, -0.15) is 5.10 Å². The van der Waals surface area contributed by atoms with Gasteiger partial charge < -0.3 is 18.8 Å². The minimum atomic E-state index is -2.80. The Bertz CT molecular complexity index is 2560. The molecular weight excluding hydrogens is 798 g/mol. The van der Waals surface area contributed by atoms with Crippen LogP contribution in [0.3, 0.4) is 0 Å². The molecular formula is C46H52FN5O6SSi. The Morgan fingerprint density at radius 1 is 0.900 bits per heavy atom. The maximum absolute atomic E-state index is 15.2. The average Bonchev–Trinajstić information content (AvgIpc) is 3.98. The number of hydrogen-bond acceptors (Lipinski definition) is 8. The Morgan fingerprint density at radius 2 is 1.55 bits per heavy atom. The normalized spacial score (nSPS) is 19.3. The molecule has 11 nitrogen and oxygen atoms in total. The highest BCUT2D eigenvalue weighted by Gasteiger charge is 2.51. The second-order valence-electron chi connectivity index (χ2n) is 17.0. The molecule has 14 heteroatoms. The summed E-state index contributed by atoms with van der Waals surface area (Å²) in [6.07, 6.45) is 5.44. The molecule has 0 spiro atoms. The van der Waals surface area contributed by atoms with Crippen LogP contribution in [0.25, 0.3) is 15.2 Å². The number of benzene rings is 3. The Morgan fingerprint density at radius 3 is 2.12 bits per heavy atom. The number of carbonyl (C=O) groups excluding carboxylic acids is 1. The van der Waals surface area contributed by atoms with Gasteiger partial charge in [0.05, 0.1) is 25.1 Å². The number of thiophene rings is 1. The van der Waals surface area contributed by atoms with Gasteiger partial charge in [-0.15, -0.1) is 0 Å². The van der Waals surface area contributed by atoms with Crippen LogP contribution in [-0.2, 0) is 20.5 Å². The first-order valence-corrected chi connectivity index (χ1v) is 23.4. The third-order valence-corrected chi connectivity index (χ3v) is 18.7. The number of halogens is 1. The van der Waals surface area contributed by atoms with E-state index in [1.54, 1.807) is 36.3 Å². The first-order valence-electron chi connectivity index (χ1n) is 20.6. The van der Waals surface area contributed by atoms with Crippen molar-refractivity contribution in [2.75, 3.05) is 20.7 Å². The number of nitrogens with zero attached hydrogens (tertiary/aromatic N) is 5. The number of aromatic nitrogens is 4.